The van der Waals surface area contributed by atoms with Gasteiger partial charge in [0.05, 0.1) is 6.61 Å². The third kappa shape index (κ3) is 5.15. The molecule has 0 saturated heterocycles. The van der Waals surface area contributed by atoms with E-state index in [9.17, 15) is 4.79 Å². The number of nitrogens with zero attached hydrogens (tertiary/aromatic N) is 1. The van der Waals surface area contributed by atoms with E-state index in [2.05, 4.69) is 4.74 Å². The maximum atomic E-state index is 10.6. The highest BCUT2D eigenvalue weighted by Gasteiger charge is 1.91. The van der Waals surface area contributed by atoms with E-state index < -0.39 is 0 Å². The number of ether oxygens (including phenoxy) is 1. The normalized spacial score (nSPS) is 9.90. The molecule has 0 aromatic rings. The van der Waals surface area contributed by atoms with Gasteiger partial charge in [0.1, 0.15) is 0 Å². The Hall–Kier alpha value is -0.990. The Morgan fingerprint density at radius 3 is 2.60 bits per heavy atom. The molecule has 0 radical (unpaired) electrons. The van der Waals surface area contributed by atoms with E-state index in [1.165, 1.54) is 6.08 Å². The first kappa shape index (κ1) is 9.01. The van der Waals surface area contributed by atoms with Crippen molar-refractivity contribution < 1.29 is 9.53 Å². The van der Waals surface area contributed by atoms with E-state index in [-0.39, 0.29) is 5.97 Å². The van der Waals surface area contributed by atoms with Gasteiger partial charge in [0.15, 0.2) is 0 Å². The van der Waals surface area contributed by atoms with Crippen molar-refractivity contribution in [1.29, 1.82) is 0 Å². The molecule has 0 atom stereocenters. The van der Waals surface area contributed by atoms with Crippen LogP contribution in [0.25, 0.3) is 0 Å². The van der Waals surface area contributed by atoms with Crippen LogP contribution in [0.3, 0.4) is 0 Å². The van der Waals surface area contributed by atoms with Gasteiger partial charge in [-0.05, 0) is 6.92 Å². The summed E-state index contributed by atoms with van der Waals surface area (Å²) in [6.45, 7) is 2.21. The molecular weight excluding hydrogens is 130 g/mol. The van der Waals surface area contributed by atoms with Crippen molar-refractivity contribution in [3.8, 4) is 0 Å². The fourth-order valence-corrected chi connectivity index (χ4v) is 0.400. The van der Waals surface area contributed by atoms with Crippen LogP contribution in [0.5, 0.6) is 0 Å². The van der Waals surface area contributed by atoms with E-state index >= 15 is 0 Å². The van der Waals surface area contributed by atoms with Crippen molar-refractivity contribution >= 4 is 5.97 Å². The zero-order chi connectivity index (χ0) is 7.98. The highest BCUT2D eigenvalue weighted by Crippen LogP contribution is 1.82. The number of hydrogen-bond donors (Lipinski definition) is 0. The largest absolute Gasteiger partial charge is 0.463 e. The first-order valence-corrected chi connectivity index (χ1v) is 3.18. The molecule has 0 aromatic carbocycles. The van der Waals surface area contributed by atoms with Crippen molar-refractivity contribution in [1.82, 2.24) is 4.90 Å². The molecule has 3 heteroatoms. The maximum absolute atomic E-state index is 10.6. The smallest absolute Gasteiger partial charge is 0.332 e. The van der Waals surface area contributed by atoms with Gasteiger partial charge in [-0.25, -0.2) is 4.79 Å². The summed E-state index contributed by atoms with van der Waals surface area (Å²) in [4.78, 5) is 12.4. The zero-order valence-corrected chi connectivity index (χ0v) is 6.63. The third-order valence-corrected chi connectivity index (χ3v) is 0.795. The molecule has 58 valence electrons. The second-order valence-corrected chi connectivity index (χ2v) is 2.03. The number of hydrogen-bond acceptors (Lipinski definition) is 3. The molecule has 0 N–H and O–H groups in total. The minimum atomic E-state index is -0.295. The lowest BCUT2D eigenvalue weighted by Gasteiger charge is -2.02. The summed E-state index contributed by atoms with van der Waals surface area (Å²) >= 11 is 0. The SMILES string of the molecule is CCOC(=O)/C=C/N(C)C. The van der Waals surface area contributed by atoms with Crippen molar-refractivity contribution in [2.45, 2.75) is 6.92 Å². The molecular formula is C7H13NO2. The van der Waals surface area contributed by atoms with Crippen molar-refractivity contribution in [2.75, 3.05) is 20.7 Å². The van der Waals surface area contributed by atoms with Crippen LogP contribution in [-0.4, -0.2) is 31.6 Å². The van der Waals surface area contributed by atoms with Gasteiger partial charge in [-0.15, -0.1) is 0 Å². The number of rotatable bonds is 3. The topological polar surface area (TPSA) is 29.5 Å². The fourth-order valence-electron chi connectivity index (χ4n) is 0.400. The summed E-state index contributed by atoms with van der Waals surface area (Å²) in [7, 11) is 3.69. The van der Waals surface area contributed by atoms with Gasteiger partial charge < -0.3 is 9.64 Å². The zero-order valence-electron chi connectivity index (χ0n) is 6.63. The minimum absolute atomic E-state index is 0.295. The van der Waals surface area contributed by atoms with E-state index in [1.807, 2.05) is 14.1 Å². The third-order valence-electron chi connectivity index (χ3n) is 0.795. The molecule has 0 aliphatic rings. The summed E-state index contributed by atoms with van der Waals surface area (Å²) < 4.78 is 4.64. The average Bonchev–Trinajstić information content (AvgIpc) is 1.85. The van der Waals surface area contributed by atoms with Crippen LogP contribution in [0, 0.1) is 0 Å². The van der Waals surface area contributed by atoms with Crippen LogP contribution in [0.2, 0.25) is 0 Å². The first-order valence-electron chi connectivity index (χ1n) is 3.18. The van der Waals surface area contributed by atoms with Gasteiger partial charge in [-0.3, -0.25) is 0 Å². The standard InChI is InChI=1S/C7H13NO2/c1-4-10-7(9)5-6-8(2)3/h5-6H,4H2,1-3H3/b6-5+. The summed E-state index contributed by atoms with van der Waals surface area (Å²) in [5.41, 5.74) is 0. The monoisotopic (exact) mass is 143 g/mol. The molecule has 10 heavy (non-hydrogen) atoms. The van der Waals surface area contributed by atoms with Crippen LogP contribution < -0.4 is 0 Å². The van der Waals surface area contributed by atoms with Crippen LogP contribution in [0.1, 0.15) is 6.92 Å². The van der Waals surface area contributed by atoms with E-state index in [0.717, 1.165) is 0 Å². The summed E-state index contributed by atoms with van der Waals surface area (Å²) in [6.07, 6.45) is 3.04. The van der Waals surface area contributed by atoms with Gasteiger partial charge >= 0.3 is 5.97 Å². The summed E-state index contributed by atoms with van der Waals surface area (Å²) in [5.74, 6) is -0.295. The Morgan fingerprint density at radius 2 is 2.20 bits per heavy atom. The van der Waals surface area contributed by atoms with Crippen LogP contribution in [0.15, 0.2) is 12.3 Å². The van der Waals surface area contributed by atoms with Gasteiger partial charge in [0.25, 0.3) is 0 Å². The molecule has 3 nitrogen and oxygen atoms in total. The van der Waals surface area contributed by atoms with Gasteiger partial charge in [0.2, 0.25) is 0 Å². The van der Waals surface area contributed by atoms with Crippen LogP contribution in [0.4, 0.5) is 0 Å². The quantitative estimate of drug-likeness (QED) is 0.428. The number of carbonyl (C=O) groups is 1. The van der Waals surface area contributed by atoms with Gasteiger partial charge in [-0.1, -0.05) is 0 Å². The molecule has 0 bridgehead atoms. The Labute approximate surface area is 61.3 Å². The molecule has 0 rings (SSSR count). The predicted molar refractivity (Wildman–Crippen MR) is 39.5 cm³/mol. The van der Waals surface area contributed by atoms with Crippen molar-refractivity contribution in [3.63, 3.8) is 0 Å². The molecule has 0 aliphatic heterocycles. The first-order chi connectivity index (χ1) is 4.66. The van der Waals surface area contributed by atoms with Crippen molar-refractivity contribution in [2.24, 2.45) is 0 Å². The fraction of sp³-hybridized carbons (Fsp3) is 0.571. The van der Waals surface area contributed by atoms with E-state index in [4.69, 9.17) is 0 Å². The second-order valence-electron chi connectivity index (χ2n) is 2.03. The minimum Gasteiger partial charge on any atom is -0.463 e. The number of carbonyl (C=O) groups excluding carboxylic acids is 1. The number of esters is 1. The Bertz CT molecular complexity index is 130. The highest BCUT2D eigenvalue weighted by molar-refractivity contribution is 5.81. The van der Waals surface area contributed by atoms with Gasteiger partial charge in [0, 0.05) is 26.4 Å². The second kappa shape index (κ2) is 4.85. The molecule has 0 heterocycles. The molecule has 0 fully saturated rings. The lowest BCUT2D eigenvalue weighted by atomic mass is 10.6. The Morgan fingerprint density at radius 1 is 1.60 bits per heavy atom. The lowest BCUT2D eigenvalue weighted by molar-refractivity contribution is -0.137. The molecule has 0 unspecified atom stereocenters. The maximum Gasteiger partial charge on any atom is 0.332 e. The van der Waals surface area contributed by atoms with Gasteiger partial charge in [-0.2, -0.15) is 0 Å². The molecule has 0 saturated carbocycles. The summed E-state index contributed by atoms with van der Waals surface area (Å²) in [6, 6.07) is 0. The van der Waals surface area contributed by atoms with Crippen LogP contribution in [-0.2, 0) is 9.53 Å². The molecule has 0 amide bonds. The van der Waals surface area contributed by atoms with E-state index in [1.54, 1.807) is 18.0 Å². The van der Waals surface area contributed by atoms with Crippen molar-refractivity contribution in [3.05, 3.63) is 12.3 Å². The van der Waals surface area contributed by atoms with E-state index in [0.29, 0.717) is 6.61 Å². The predicted octanol–water partition coefficient (Wildman–Crippen LogP) is 0.625. The lowest BCUT2D eigenvalue weighted by Crippen LogP contribution is -2.04. The molecule has 0 spiro atoms. The summed E-state index contributed by atoms with van der Waals surface area (Å²) in [5, 5.41) is 0. The molecule has 0 aromatic heterocycles. The molecule has 0 aliphatic carbocycles. The van der Waals surface area contributed by atoms with Crippen LogP contribution >= 0.6 is 0 Å². The highest BCUT2D eigenvalue weighted by atomic mass is 16.5. The Balaban J connectivity index is 3.56. The Kier molecular flexibility index (Phi) is 4.37. The average molecular weight is 143 g/mol.